The number of carbonyl (C=O) groups is 2. The lowest BCUT2D eigenvalue weighted by atomic mass is 10.1. The second-order valence-corrected chi connectivity index (χ2v) is 3.50. The number of likely N-dealkylation sites (N-methyl/N-ethyl adjacent to an activating group) is 1. The van der Waals surface area contributed by atoms with Crippen LogP contribution in [-0.2, 0) is 9.59 Å². The summed E-state index contributed by atoms with van der Waals surface area (Å²) in [5.74, 6) is 0.326. The largest absolute Gasteiger partial charge is 0.299 e. The van der Waals surface area contributed by atoms with Crippen LogP contribution in [0.15, 0.2) is 0 Å². The molecular formula is C9H17NO2. The molecule has 3 nitrogen and oxygen atoms in total. The predicted molar refractivity (Wildman–Crippen MR) is 48.0 cm³/mol. The summed E-state index contributed by atoms with van der Waals surface area (Å²) in [6.45, 7) is 5.99. The zero-order chi connectivity index (χ0) is 9.72. The highest BCUT2D eigenvalue weighted by molar-refractivity contribution is 5.83. The maximum Gasteiger partial charge on any atom is 0.149 e. The van der Waals surface area contributed by atoms with E-state index in [1.54, 1.807) is 11.9 Å². The van der Waals surface area contributed by atoms with Crippen LogP contribution < -0.4 is 0 Å². The first-order valence-electron chi connectivity index (χ1n) is 4.14. The molecule has 0 heterocycles. The van der Waals surface area contributed by atoms with Gasteiger partial charge in [0, 0.05) is 5.92 Å². The first-order chi connectivity index (χ1) is 5.43. The van der Waals surface area contributed by atoms with Gasteiger partial charge in [-0.1, -0.05) is 13.8 Å². The van der Waals surface area contributed by atoms with E-state index in [2.05, 4.69) is 0 Å². The number of Topliss-reactive ketones (excluding diaryl/α,β-unsaturated/α-hetero) is 2. The van der Waals surface area contributed by atoms with E-state index in [9.17, 15) is 9.59 Å². The van der Waals surface area contributed by atoms with Gasteiger partial charge in [0.15, 0.2) is 0 Å². The average molecular weight is 171 g/mol. The Morgan fingerprint density at radius 3 is 2.08 bits per heavy atom. The molecule has 0 aromatic rings. The summed E-state index contributed by atoms with van der Waals surface area (Å²) in [6, 6.07) is 0. The molecule has 0 saturated carbocycles. The quantitative estimate of drug-likeness (QED) is 0.612. The molecule has 3 heteroatoms. The van der Waals surface area contributed by atoms with Crippen molar-refractivity contribution < 1.29 is 9.59 Å². The molecule has 0 fully saturated rings. The maximum absolute atomic E-state index is 11.2. The van der Waals surface area contributed by atoms with E-state index in [0.29, 0.717) is 13.1 Å². The monoisotopic (exact) mass is 171 g/mol. The van der Waals surface area contributed by atoms with Crippen molar-refractivity contribution in [2.45, 2.75) is 20.8 Å². The summed E-state index contributed by atoms with van der Waals surface area (Å²) in [6.07, 6.45) is 0. The molecule has 0 unspecified atom stereocenters. The van der Waals surface area contributed by atoms with Gasteiger partial charge in [-0.3, -0.25) is 14.5 Å². The van der Waals surface area contributed by atoms with Crippen molar-refractivity contribution in [1.82, 2.24) is 4.90 Å². The Hall–Kier alpha value is -0.700. The molecule has 12 heavy (non-hydrogen) atoms. The Morgan fingerprint density at radius 1 is 1.25 bits per heavy atom. The third-order valence-corrected chi connectivity index (χ3v) is 1.56. The van der Waals surface area contributed by atoms with Crippen LogP contribution in [-0.4, -0.2) is 36.6 Å². The van der Waals surface area contributed by atoms with Gasteiger partial charge < -0.3 is 0 Å². The van der Waals surface area contributed by atoms with Crippen molar-refractivity contribution in [3.05, 3.63) is 0 Å². The van der Waals surface area contributed by atoms with Gasteiger partial charge in [0.05, 0.1) is 13.1 Å². The van der Waals surface area contributed by atoms with Crippen molar-refractivity contribution >= 4 is 11.6 Å². The van der Waals surface area contributed by atoms with Crippen molar-refractivity contribution in [3.8, 4) is 0 Å². The van der Waals surface area contributed by atoms with Crippen LogP contribution in [0.3, 0.4) is 0 Å². The van der Waals surface area contributed by atoms with Gasteiger partial charge in [0.25, 0.3) is 0 Å². The lowest BCUT2D eigenvalue weighted by Crippen LogP contribution is -2.31. The van der Waals surface area contributed by atoms with Gasteiger partial charge >= 0.3 is 0 Å². The molecule has 0 N–H and O–H groups in total. The molecule has 70 valence electrons. The third kappa shape index (κ3) is 5.02. The number of ketones is 2. The molecule has 0 bridgehead atoms. The summed E-state index contributed by atoms with van der Waals surface area (Å²) in [5, 5.41) is 0. The van der Waals surface area contributed by atoms with Crippen molar-refractivity contribution in [2.75, 3.05) is 20.1 Å². The Kier molecular flexibility index (Phi) is 4.74. The van der Waals surface area contributed by atoms with Crippen LogP contribution in [0.1, 0.15) is 20.8 Å². The molecule has 0 aliphatic rings. The van der Waals surface area contributed by atoms with Crippen LogP contribution in [0.2, 0.25) is 0 Å². The lowest BCUT2D eigenvalue weighted by Gasteiger charge is -2.14. The van der Waals surface area contributed by atoms with Crippen LogP contribution in [0, 0.1) is 5.92 Å². The Balaban J connectivity index is 3.76. The predicted octanol–water partition coefficient (Wildman–Crippen LogP) is 0.732. The fourth-order valence-corrected chi connectivity index (χ4v) is 0.885. The molecule has 0 aliphatic carbocycles. The van der Waals surface area contributed by atoms with E-state index in [1.807, 2.05) is 13.8 Å². The van der Waals surface area contributed by atoms with Gasteiger partial charge in [-0.2, -0.15) is 0 Å². The van der Waals surface area contributed by atoms with E-state index in [4.69, 9.17) is 0 Å². The number of rotatable bonds is 5. The zero-order valence-electron chi connectivity index (χ0n) is 8.26. The molecule has 0 rings (SSSR count). The molecular weight excluding hydrogens is 154 g/mol. The van der Waals surface area contributed by atoms with Gasteiger partial charge in [0.1, 0.15) is 11.6 Å². The Morgan fingerprint density at radius 2 is 1.75 bits per heavy atom. The van der Waals surface area contributed by atoms with E-state index < -0.39 is 0 Å². The maximum atomic E-state index is 11.2. The number of carbonyl (C=O) groups excluding carboxylic acids is 2. The van der Waals surface area contributed by atoms with E-state index in [-0.39, 0.29) is 17.5 Å². The Bertz CT molecular complexity index is 175. The summed E-state index contributed by atoms with van der Waals surface area (Å²) < 4.78 is 0. The third-order valence-electron chi connectivity index (χ3n) is 1.56. The molecule has 0 amide bonds. The van der Waals surface area contributed by atoms with Crippen molar-refractivity contribution in [3.63, 3.8) is 0 Å². The summed E-state index contributed by atoms with van der Waals surface area (Å²) in [7, 11) is 1.78. The van der Waals surface area contributed by atoms with Gasteiger partial charge in [-0.05, 0) is 14.0 Å². The number of hydrogen-bond donors (Lipinski definition) is 0. The van der Waals surface area contributed by atoms with Crippen molar-refractivity contribution in [1.29, 1.82) is 0 Å². The first-order valence-corrected chi connectivity index (χ1v) is 4.14. The topological polar surface area (TPSA) is 37.4 Å². The smallest absolute Gasteiger partial charge is 0.149 e. The number of nitrogens with zero attached hydrogens (tertiary/aromatic N) is 1. The SMILES string of the molecule is CC(=O)CN(C)CC(=O)C(C)C. The van der Waals surface area contributed by atoms with E-state index in [0.717, 1.165) is 0 Å². The molecule has 0 spiro atoms. The molecule has 0 aromatic carbocycles. The fourth-order valence-electron chi connectivity index (χ4n) is 0.885. The van der Waals surface area contributed by atoms with Crippen LogP contribution in [0.4, 0.5) is 0 Å². The second kappa shape index (κ2) is 5.04. The lowest BCUT2D eigenvalue weighted by molar-refractivity contribution is -0.123. The fraction of sp³-hybridized carbons (Fsp3) is 0.778. The summed E-state index contributed by atoms with van der Waals surface area (Å²) in [5.41, 5.74) is 0. The minimum atomic E-state index is 0.0550. The van der Waals surface area contributed by atoms with Crippen LogP contribution in [0.25, 0.3) is 0 Å². The Labute approximate surface area is 73.7 Å². The molecule has 0 aliphatic heterocycles. The van der Waals surface area contributed by atoms with Gasteiger partial charge in [-0.25, -0.2) is 0 Å². The minimum Gasteiger partial charge on any atom is -0.299 e. The molecule has 0 aromatic heterocycles. The highest BCUT2D eigenvalue weighted by atomic mass is 16.1. The minimum absolute atomic E-state index is 0.0550. The van der Waals surface area contributed by atoms with Gasteiger partial charge in [0.2, 0.25) is 0 Å². The molecule has 0 radical (unpaired) electrons. The summed E-state index contributed by atoms with van der Waals surface area (Å²) in [4.78, 5) is 23.6. The molecule has 0 atom stereocenters. The average Bonchev–Trinajstić information content (AvgIpc) is 1.84. The van der Waals surface area contributed by atoms with Crippen LogP contribution in [0.5, 0.6) is 0 Å². The van der Waals surface area contributed by atoms with E-state index >= 15 is 0 Å². The standard InChI is InChI=1S/C9H17NO2/c1-7(2)9(12)6-10(4)5-8(3)11/h7H,5-6H2,1-4H3. The normalized spacial score (nSPS) is 10.8. The summed E-state index contributed by atoms with van der Waals surface area (Å²) >= 11 is 0. The number of hydrogen-bond acceptors (Lipinski definition) is 3. The zero-order valence-corrected chi connectivity index (χ0v) is 8.26. The highest BCUT2D eigenvalue weighted by Crippen LogP contribution is 1.95. The van der Waals surface area contributed by atoms with Gasteiger partial charge in [-0.15, -0.1) is 0 Å². The molecule has 0 saturated heterocycles. The van der Waals surface area contributed by atoms with Crippen LogP contribution >= 0.6 is 0 Å². The van der Waals surface area contributed by atoms with E-state index in [1.165, 1.54) is 6.92 Å². The first kappa shape index (κ1) is 11.3. The second-order valence-electron chi connectivity index (χ2n) is 3.50. The highest BCUT2D eigenvalue weighted by Gasteiger charge is 2.10. The van der Waals surface area contributed by atoms with Crippen molar-refractivity contribution in [2.24, 2.45) is 5.92 Å².